The Labute approximate surface area is 112 Å². The molecule has 0 aliphatic carbocycles. The van der Waals surface area contributed by atoms with Gasteiger partial charge in [-0.2, -0.15) is 0 Å². The fourth-order valence-corrected chi connectivity index (χ4v) is 2.86. The number of hydrogen-bond acceptors (Lipinski definition) is 4. The Kier molecular flexibility index (Phi) is 4.44. The van der Waals surface area contributed by atoms with Crippen molar-refractivity contribution in [1.82, 2.24) is 15.3 Å². The van der Waals surface area contributed by atoms with Crippen LogP contribution in [0.1, 0.15) is 34.9 Å². The highest BCUT2D eigenvalue weighted by Gasteiger charge is 2.16. The van der Waals surface area contributed by atoms with Crippen LogP contribution in [0.2, 0.25) is 0 Å². The SMILES string of the molecule is CCNC(Cc1nc(C)cs1)c1ncccc1C. The Morgan fingerprint density at radius 1 is 1.39 bits per heavy atom. The summed E-state index contributed by atoms with van der Waals surface area (Å²) >= 11 is 1.73. The van der Waals surface area contributed by atoms with E-state index in [4.69, 9.17) is 0 Å². The van der Waals surface area contributed by atoms with E-state index >= 15 is 0 Å². The number of thiazole rings is 1. The second-order valence-electron chi connectivity index (χ2n) is 4.40. The first-order valence-electron chi connectivity index (χ1n) is 6.26. The molecule has 1 unspecified atom stereocenters. The van der Waals surface area contributed by atoms with Crippen LogP contribution in [0.25, 0.3) is 0 Å². The second-order valence-corrected chi connectivity index (χ2v) is 5.35. The van der Waals surface area contributed by atoms with E-state index in [0.29, 0.717) is 0 Å². The average molecular weight is 261 g/mol. The van der Waals surface area contributed by atoms with Crippen molar-refractivity contribution in [2.75, 3.05) is 6.54 Å². The highest BCUT2D eigenvalue weighted by molar-refractivity contribution is 7.09. The molecule has 0 radical (unpaired) electrons. The quantitative estimate of drug-likeness (QED) is 0.899. The van der Waals surface area contributed by atoms with Gasteiger partial charge < -0.3 is 5.32 Å². The third kappa shape index (κ3) is 3.15. The fourth-order valence-electron chi connectivity index (χ4n) is 2.05. The summed E-state index contributed by atoms with van der Waals surface area (Å²) in [5.74, 6) is 0. The van der Waals surface area contributed by atoms with Gasteiger partial charge in [0.05, 0.1) is 16.7 Å². The molecule has 0 saturated heterocycles. The predicted octanol–water partition coefficient (Wildman–Crippen LogP) is 3.05. The molecule has 1 atom stereocenters. The lowest BCUT2D eigenvalue weighted by molar-refractivity contribution is 0.532. The number of nitrogens with zero attached hydrogens (tertiary/aromatic N) is 2. The highest BCUT2D eigenvalue weighted by atomic mass is 32.1. The molecule has 0 bridgehead atoms. The standard InChI is InChI=1S/C14H19N3S/c1-4-15-12(8-13-17-11(3)9-18-13)14-10(2)6-5-7-16-14/h5-7,9,12,15H,4,8H2,1-3H3. The van der Waals surface area contributed by atoms with E-state index in [1.807, 2.05) is 19.2 Å². The van der Waals surface area contributed by atoms with Gasteiger partial charge in [-0.1, -0.05) is 13.0 Å². The molecular weight excluding hydrogens is 242 g/mol. The Bertz CT molecular complexity index is 507. The lowest BCUT2D eigenvalue weighted by Crippen LogP contribution is -2.24. The zero-order valence-corrected chi connectivity index (χ0v) is 11.9. The molecule has 0 aliphatic heterocycles. The molecule has 0 amide bonds. The molecule has 2 aromatic heterocycles. The van der Waals surface area contributed by atoms with Crippen LogP contribution in [0, 0.1) is 13.8 Å². The molecule has 2 heterocycles. The molecule has 96 valence electrons. The van der Waals surface area contributed by atoms with Crippen molar-refractivity contribution in [1.29, 1.82) is 0 Å². The minimum atomic E-state index is 0.252. The van der Waals surface area contributed by atoms with E-state index in [1.54, 1.807) is 11.3 Å². The highest BCUT2D eigenvalue weighted by Crippen LogP contribution is 2.21. The molecule has 0 saturated carbocycles. The summed E-state index contributed by atoms with van der Waals surface area (Å²) < 4.78 is 0. The van der Waals surface area contributed by atoms with E-state index in [9.17, 15) is 0 Å². The first kappa shape index (κ1) is 13.2. The van der Waals surface area contributed by atoms with Crippen LogP contribution in [0.5, 0.6) is 0 Å². The van der Waals surface area contributed by atoms with Crippen LogP contribution in [-0.2, 0) is 6.42 Å². The smallest absolute Gasteiger partial charge is 0.0947 e. The van der Waals surface area contributed by atoms with Gasteiger partial charge in [0.2, 0.25) is 0 Å². The van der Waals surface area contributed by atoms with Gasteiger partial charge in [-0.25, -0.2) is 4.98 Å². The predicted molar refractivity (Wildman–Crippen MR) is 75.9 cm³/mol. The summed E-state index contributed by atoms with van der Waals surface area (Å²) in [6, 6.07) is 4.34. The summed E-state index contributed by atoms with van der Waals surface area (Å²) in [5.41, 5.74) is 3.46. The molecule has 2 rings (SSSR count). The summed E-state index contributed by atoms with van der Waals surface area (Å²) in [4.78, 5) is 9.05. The second kappa shape index (κ2) is 6.07. The lowest BCUT2D eigenvalue weighted by Gasteiger charge is -2.18. The minimum absolute atomic E-state index is 0.252. The van der Waals surface area contributed by atoms with Crippen molar-refractivity contribution < 1.29 is 0 Å². The maximum Gasteiger partial charge on any atom is 0.0947 e. The van der Waals surface area contributed by atoms with Crippen LogP contribution in [0.4, 0.5) is 0 Å². The summed E-state index contributed by atoms with van der Waals surface area (Å²) in [6.07, 6.45) is 2.77. The van der Waals surface area contributed by atoms with E-state index < -0.39 is 0 Å². The molecule has 0 aliphatic rings. The van der Waals surface area contributed by atoms with Crippen LogP contribution in [-0.4, -0.2) is 16.5 Å². The summed E-state index contributed by atoms with van der Waals surface area (Å²) in [6.45, 7) is 7.21. The molecule has 18 heavy (non-hydrogen) atoms. The van der Waals surface area contributed by atoms with Crippen LogP contribution < -0.4 is 5.32 Å². The van der Waals surface area contributed by atoms with Crippen molar-refractivity contribution in [2.45, 2.75) is 33.2 Å². The molecule has 3 nitrogen and oxygen atoms in total. The third-order valence-electron chi connectivity index (χ3n) is 2.88. The molecule has 2 aromatic rings. The molecule has 0 fully saturated rings. The van der Waals surface area contributed by atoms with Crippen molar-refractivity contribution in [3.05, 3.63) is 45.7 Å². The van der Waals surface area contributed by atoms with Crippen molar-refractivity contribution in [3.8, 4) is 0 Å². The fraction of sp³-hybridized carbons (Fsp3) is 0.429. The van der Waals surface area contributed by atoms with Gasteiger partial charge >= 0.3 is 0 Å². The maximum atomic E-state index is 4.54. The lowest BCUT2D eigenvalue weighted by atomic mass is 10.1. The number of pyridine rings is 1. The molecule has 0 spiro atoms. The zero-order chi connectivity index (χ0) is 13.0. The average Bonchev–Trinajstić information content (AvgIpc) is 2.75. The Morgan fingerprint density at radius 2 is 2.22 bits per heavy atom. The van der Waals surface area contributed by atoms with Crippen molar-refractivity contribution in [3.63, 3.8) is 0 Å². The van der Waals surface area contributed by atoms with E-state index in [0.717, 1.165) is 24.4 Å². The summed E-state index contributed by atoms with van der Waals surface area (Å²) in [7, 11) is 0. The number of nitrogens with one attached hydrogen (secondary N) is 1. The number of aryl methyl sites for hydroxylation is 2. The normalized spacial score (nSPS) is 12.6. The van der Waals surface area contributed by atoms with Gasteiger partial charge in [0, 0.05) is 23.7 Å². The van der Waals surface area contributed by atoms with Gasteiger partial charge in [-0.3, -0.25) is 4.98 Å². The monoisotopic (exact) mass is 261 g/mol. The van der Waals surface area contributed by atoms with E-state index in [-0.39, 0.29) is 6.04 Å². The van der Waals surface area contributed by atoms with E-state index in [1.165, 1.54) is 10.6 Å². The molecule has 0 aromatic carbocycles. The number of likely N-dealkylation sites (N-methyl/N-ethyl adjacent to an activating group) is 1. The van der Waals surface area contributed by atoms with Gasteiger partial charge in [-0.15, -0.1) is 11.3 Å². The Morgan fingerprint density at radius 3 is 2.83 bits per heavy atom. The van der Waals surface area contributed by atoms with Crippen LogP contribution >= 0.6 is 11.3 Å². The Balaban J connectivity index is 2.20. The van der Waals surface area contributed by atoms with Crippen LogP contribution in [0.15, 0.2) is 23.7 Å². The van der Waals surface area contributed by atoms with Gasteiger partial charge in [0.15, 0.2) is 0 Å². The zero-order valence-electron chi connectivity index (χ0n) is 11.1. The molecule has 4 heteroatoms. The minimum Gasteiger partial charge on any atom is -0.309 e. The van der Waals surface area contributed by atoms with Crippen molar-refractivity contribution in [2.24, 2.45) is 0 Å². The number of hydrogen-bond donors (Lipinski definition) is 1. The van der Waals surface area contributed by atoms with Gasteiger partial charge in [0.1, 0.15) is 0 Å². The van der Waals surface area contributed by atoms with Gasteiger partial charge in [0.25, 0.3) is 0 Å². The molecular formula is C14H19N3S. The largest absolute Gasteiger partial charge is 0.309 e. The number of rotatable bonds is 5. The molecule has 1 N–H and O–H groups in total. The van der Waals surface area contributed by atoms with Crippen molar-refractivity contribution >= 4 is 11.3 Å². The number of aromatic nitrogens is 2. The Hall–Kier alpha value is -1.26. The maximum absolute atomic E-state index is 4.54. The van der Waals surface area contributed by atoms with Crippen LogP contribution in [0.3, 0.4) is 0 Å². The van der Waals surface area contributed by atoms with E-state index in [2.05, 4.69) is 40.6 Å². The van der Waals surface area contributed by atoms with Gasteiger partial charge in [-0.05, 0) is 32.0 Å². The third-order valence-corrected chi connectivity index (χ3v) is 3.86. The first-order valence-corrected chi connectivity index (χ1v) is 7.14. The summed E-state index contributed by atoms with van der Waals surface area (Å²) in [5, 5.41) is 6.77. The topological polar surface area (TPSA) is 37.8 Å². The first-order chi connectivity index (χ1) is 8.70.